The molecule has 0 aliphatic rings. The van der Waals surface area contributed by atoms with Gasteiger partial charge in [0.1, 0.15) is 11.6 Å². The van der Waals surface area contributed by atoms with Crippen molar-refractivity contribution >= 4 is 23.1 Å². The largest absolute Gasteiger partial charge is 0.497 e. The number of methoxy groups -OCH3 is 1. The van der Waals surface area contributed by atoms with Crippen LogP contribution in [-0.2, 0) is 0 Å². The molecule has 0 aliphatic carbocycles. The third-order valence-electron chi connectivity index (χ3n) is 2.31. The summed E-state index contributed by atoms with van der Waals surface area (Å²) in [6.45, 7) is 0.404. The lowest BCUT2D eigenvalue weighted by Gasteiger charge is -2.07. The number of benzene rings is 1. The summed E-state index contributed by atoms with van der Waals surface area (Å²) in [5.41, 5.74) is 5.31. The number of carbonyl (C=O) groups is 1. The van der Waals surface area contributed by atoms with Crippen LogP contribution in [0.4, 0.5) is 4.39 Å². The zero-order valence-corrected chi connectivity index (χ0v) is 10.8. The molecule has 4 nitrogen and oxygen atoms in total. The molecule has 0 saturated carbocycles. The molecule has 1 rings (SSSR count). The van der Waals surface area contributed by atoms with Crippen LogP contribution in [0.3, 0.4) is 0 Å². The van der Waals surface area contributed by atoms with Crippen molar-refractivity contribution in [3.05, 3.63) is 29.6 Å². The molecule has 0 fully saturated rings. The molecule has 1 aromatic rings. The predicted molar refractivity (Wildman–Crippen MR) is 71.3 cm³/mol. The zero-order chi connectivity index (χ0) is 13.5. The van der Waals surface area contributed by atoms with Crippen molar-refractivity contribution in [3.63, 3.8) is 0 Å². The Hall–Kier alpha value is -1.69. The van der Waals surface area contributed by atoms with E-state index in [0.717, 1.165) is 0 Å². The van der Waals surface area contributed by atoms with E-state index in [1.54, 1.807) is 0 Å². The number of nitrogens with one attached hydrogen (secondary N) is 1. The lowest BCUT2D eigenvalue weighted by Crippen LogP contribution is -2.26. The average Bonchev–Trinajstić information content (AvgIpc) is 2.33. The molecule has 1 amide bonds. The lowest BCUT2D eigenvalue weighted by molar-refractivity contribution is 0.0949. The highest BCUT2D eigenvalue weighted by atomic mass is 32.1. The Bertz CT molecular complexity index is 452. The predicted octanol–water partition coefficient (Wildman–Crippen LogP) is 1.63. The number of amides is 1. The summed E-state index contributed by atoms with van der Waals surface area (Å²) in [5, 5.41) is 2.60. The number of thiocarbonyl (C=S) groups is 1. The van der Waals surface area contributed by atoms with Gasteiger partial charge in [-0.25, -0.2) is 4.39 Å². The summed E-state index contributed by atoms with van der Waals surface area (Å²) in [6, 6.07) is 4.09. The van der Waals surface area contributed by atoms with E-state index in [2.05, 4.69) is 5.32 Å². The maximum Gasteiger partial charge on any atom is 0.254 e. The van der Waals surface area contributed by atoms with Gasteiger partial charge in [-0.3, -0.25) is 4.79 Å². The maximum absolute atomic E-state index is 13.5. The van der Waals surface area contributed by atoms with Crippen LogP contribution in [0.5, 0.6) is 5.75 Å². The standard InChI is InChI=1S/C12H15FN2O2S/c1-17-8-4-5-9(10(13)7-8)12(16)15-6-2-3-11(14)18/h4-5,7H,2-3,6H2,1H3,(H2,14,18)(H,15,16). The van der Waals surface area contributed by atoms with Crippen molar-refractivity contribution in [1.29, 1.82) is 0 Å². The van der Waals surface area contributed by atoms with Gasteiger partial charge in [0.25, 0.3) is 5.91 Å². The fourth-order valence-corrected chi connectivity index (χ4v) is 1.51. The number of hydrogen-bond acceptors (Lipinski definition) is 3. The SMILES string of the molecule is COc1ccc(C(=O)NCCCC(N)=S)c(F)c1. The summed E-state index contributed by atoms with van der Waals surface area (Å²) in [5.74, 6) is -0.697. The van der Waals surface area contributed by atoms with Crippen LogP contribution in [0.15, 0.2) is 18.2 Å². The molecule has 0 bridgehead atoms. The van der Waals surface area contributed by atoms with Gasteiger partial charge in [-0.1, -0.05) is 12.2 Å². The molecule has 98 valence electrons. The molecular formula is C12H15FN2O2S. The van der Waals surface area contributed by atoms with Gasteiger partial charge in [0, 0.05) is 12.6 Å². The van der Waals surface area contributed by atoms with E-state index in [9.17, 15) is 9.18 Å². The minimum Gasteiger partial charge on any atom is -0.497 e. The fourth-order valence-electron chi connectivity index (χ4n) is 1.37. The van der Waals surface area contributed by atoms with Crippen molar-refractivity contribution in [3.8, 4) is 5.75 Å². The Morgan fingerprint density at radius 2 is 2.28 bits per heavy atom. The number of hydrogen-bond donors (Lipinski definition) is 2. The molecule has 3 N–H and O–H groups in total. The molecular weight excluding hydrogens is 255 g/mol. The van der Waals surface area contributed by atoms with Crippen LogP contribution >= 0.6 is 12.2 Å². The number of carbonyl (C=O) groups excluding carboxylic acids is 1. The molecule has 0 aliphatic heterocycles. The molecule has 6 heteroatoms. The first kappa shape index (κ1) is 14.4. The normalized spacial score (nSPS) is 9.89. The second-order valence-electron chi connectivity index (χ2n) is 3.67. The first-order chi connectivity index (χ1) is 8.54. The molecule has 0 spiro atoms. The van der Waals surface area contributed by atoms with Crippen LogP contribution in [0.25, 0.3) is 0 Å². The third-order valence-corrected chi connectivity index (χ3v) is 2.51. The van der Waals surface area contributed by atoms with Crippen LogP contribution in [-0.4, -0.2) is 24.6 Å². The number of ether oxygens (including phenoxy) is 1. The summed E-state index contributed by atoms with van der Waals surface area (Å²) >= 11 is 4.71. The molecule has 0 unspecified atom stereocenters. The smallest absolute Gasteiger partial charge is 0.254 e. The summed E-state index contributed by atoms with van der Waals surface area (Å²) in [4.78, 5) is 12.1. The molecule has 0 saturated heterocycles. The second-order valence-corrected chi connectivity index (χ2v) is 4.20. The van der Waals surface area contributed by atoms with Crippen molar-refractivity contribution in [2.45, 2.75) is 12.8 Å². The van der Waals surface area contributed by atoms with E-state index in [-0.39, 0.29) is 5.56 Å². The lowest BCUT2D eigenvalue weighted by atomic mass is 10.2. The zero-order valence-electron chi connectivity index (χ0n) is 10.0. The van der Waals surface area contributed by atoms with Crippen LogP contribution < -0.4 is 15.8 Å². The van der Waals surface area contributed by atoms with Crippen LogP contribution in [0, 0.1) is 5.82 Å². The van der Waals surface area contributed by atoms with E-state index in [1.807, 2.05) is 0 Å². The van der Waals surface area contributed by atoms with E-state index >= 15 is 0 Å². The number of nitrogens with two attached hydrogens (primary N) is 1. The van der Waals surface area contributed by atoms with Crippen molar-refractivity contribution in [2.24, 2.45) is 5.73 Å². The van der Waals surface area contributed by atoms with Gasteiger partial charge in [-0.05, 0) is 25.0 Å². The first-order valence-corrected chi connectivity index (χ1v) is 5.85. The number of halogens is 1. The van der Waals surface area contributed by atoms with Crippen LogP contribution in [0.2, 0.25) is 0 Å². The highest BCUT2D eigenvalue weighted by Gasteiger charge is 2.11. The molecule has 1 aromatic carbocycles. The summed E-state index contributed by atoms with van der Waals surface area (Å²) < 4.78 is 18.4. The topological polar surface area (TPSA) is 64.3 Å². The Morgan fingerprint density at radius 1 is 1.56 bits per heavy atom. The Balaban J connectivity index is 2.54. The van der Waals surface area contributed by atoms with E-state index in [4.69, 9.17) is 22.7 Å². The second kappa shape index (κ2) is 6.90. The third kappa shape index (κ3) is 4.29. The van der Waals surface area contributed by atoms with Crippen molar-refractivity contribution < 1.29 is 13.9 Å². The first-order valence-electron chi connectivity index (χ1n) is 5.44. The van der Waals surface area contributed by atoms with Gasteiger partial charge in [0.2, 0.25) is 0 Å². The summed E-state index contributed by atoms with van der Waals surface area (Å²) in [7, 11) is 1.43. The molecule has 0 heterocycles. The highest BCUT2D eigenvalue weighted by molar-refractivity contribution is 7.80. The van der Waals surface area contributed by atoms with Gasteiger partial charge < -0.3 is 15.8 Å². The van der Waals surface area contributed by atoms with Crippen molar-refractivity contribution in [1.82, 2.24) is 5.32 Å². The Labute approximate surface area is 110 Å². The molecule has 18 heavy (non-hydrogen) atoms. The average molecular weight is 270 g/mol. The minimum atomic E-state index is -0.610. The summed E-state index contributed by atoms with van der Waals surface area (Å²) in [6.07, 6.45) is 1.19. The Kier molecular flexibility index (Phi) is 5.51. The molecule has 0 atom stereocenters. The highest BCUT2D eigenvalue weighted by Crippen LogP contribution is 2.15. The van der Waals surface area contributed by atoms with Gasteiger partial charge >= 0.3 is 0 Å². The van der Waals surface area contributed by atoms with E-state index in [0.29, 0.717) is 30.1 Å². The molecule has 0 radical (unpaired) electrons. The monoisotopic (exact) mass is 270 g/mol. The quantitative estimate of drug-likeness (QED) is 0.609. The van der Waals surface area contributed by atoms with E-state index < -0.39 is 11.7 Å². The molecule has 0 aromatic heterocycles. The number of rotatable bonds is 6. The Morgan fingerprint density at radius 3 is 2.83 bits per heavy atom. The van der Waals surface area contributed by atoms with Gasteiger partial charge in [-0.2, -0.15) is 0 Å². The van der Waals surface area contributed by atoms with Crippen LogP contribution in [0.1, 0.15) is 23.2 Å². The van der Waals surface area contributed by atoms with Gasteiger partial charge in [0.05, 0.1) is 17.7 Å². The fraction of sp³-hybridized carbons (Fsp3) is 0.333. The maximum atomic E-state index is 13.5. The van der Waals surface area contributed by atoms with Gasteiger partial charge in [-0.15, -0.1) is 0 Å². The minimum absolute atomic E-state index is 0.00822. The van der Waals surface area contributed by atoms with Gasteiger partial charge in [0.15, 0.2) is 0 Å². The van der Waals surface area contributed by atoms with E-state index in [1.165, 1.54) is 25.3 Å². The van der Waals surface area contributed by atoms with Crippen molar-refractivity contribution in [2.75, 3.05) is 13.7 Å².